The molecule has 0 atom stereocenters. The number of nitrogens with zero attached hydrogens (tertiary/aromatic N) is 2. The van der Waals surface area contributed by atoms with Crippen molar-refractivity contribution in [3.8, 4) is 17.2 Å². The second-order valence-corrected chi connectivity index (χ2v) is 6.08. The van der Waals surface area contributed by atoms with Crippen LogP contribution in [0.2, 0.25) is 0 Å². The van der Waals surface area contributed by atoms with Crippen molar-refractivity contribution in [1.29, 1.82) is 0 Å². The monoisotopic (exact) mass is 365 g/mol. The Morgan fingerprint density at radius 1 is 1.11 bits per heavy atom. The number of amides is 1. The Bertz CT molecular complexity index is 891. The van der Waals surface area contributed by atoms with Gasteiger partial charge in [0.1, 0.15) is 11.5 Å². The molecule has 1 amide bonds. The number of carbonyl (C=O) groups excluding carboxylic acids is 1. The molecule has 0 radical (unpaired) electrons. The summed E-state index contributed by atoms with van der Waals surface area (Å²) in [5.41, 5.74) is 2.88. The Balaban J connectivity index is 1.53. The first-order chi connectivity index (χ1) is 13.2. The SMILES string of the molecule is COc1ccc(OC)c(CCC(=O)NCc2cnn(-c3ccccc3)c2)c1. The first kappa shape index (κ1) is 18.5. The van der Waals surface area contributed by atoms with Gasteiger partial charge in [-0.05, 0) is 42.3 Å². The number of hydrogen-bond acceptors (Lipinski definition) is 4. The molecule has 6 heteroatoms. The van der Waals surface area contributed by atoms with Crippen LogP contribution in [0.3, 0.4) is 0 Å². The molecular formula is C21H23N3O3. The zero-order valence-electron chi connectivity index (χ0n) is 15.5. The van der Waals surface area contributed by atoms with Gasteiger partial charge in [-0.1, -0.05) is 18.2 Å². The molecule has 1 N–H and O–H groups in total. The van der Waals surface area contributed by atoms with Crippen molar-refractivity contribution in [3.63, 3.8) is 0 Å². The third kappa shape index (κ3) is 4.88. The highest BCUT2D eigenvalue weighted by atomic mass is 16.5. The lowest BCUT2D eigenvalue weighted by Crippen LogP contribution is -2.22. The van der Waals surface area contributed by atoms with Crippen molar-refractivity contribution in [1.82, 2.24) is 15.1 Å². The van der Waals surface area contributed by atoms with Gasteiger partial charge in [-0.15, -0.1) is 0 Å². The molecular weight excluding hydrogens is 342 g/mol. The van der Waals surface area contributed by atoms with Crippen molar-refractivity contribution in [2.24, 2.45) is 0 Å². The number of hydrogen-bond donors (Lipinski definition) is 1. The highest BCUT2D eigenvalue weighted by Gasteiger charge is 2.09. The molecule has 0 saturated heterocycles. The minimum Gasteiger partial charge on any atom is -0.497 e. The Labute approximate surface area is 158 Å². The number of rotatable bonds is 8. The maximum Gasteiger partial charge on any atom is 0.220 e. The molecule has 140 valence electrons. The smallest absolute Gasteiger partial charge is 0.220 e. The second kappa shape index (κ2) is 8.89. The summed E-state index contributed by atoms with van der Waals surface area (Å²) in [6.45, 7) is 0.445. The van der Waals surface area contributed by atoms with E-state index in [1.165, 1.54) is 0 Å². The van der Waals surface area contributed by atoms with Gasteiger partial charge in [0.2, 0.25) is 5.91 Å². The van der Waals surface area contributed by atoms with Crippen LogP contribution >= 0.6 is 0 Å². The van der Waals surface area contributed by atoms with Crippen molar-refractivity contribution in [3.05, 3.63) is 72.1 Å². The number of benzene rings is 2. The lowest BCUT2D eigenvalue weighted by molar-refractivity contribution is -0.121. The molecule has 2 aromatic carbocycles. The van der Waals surface area contributed by atoms with Crippen LogP contribution in [0, 0.1) is 0 Å². The van der Waals surface area contributed by atoms with E-state index in [4.69, 9.17) is 9.47 Å². The largest absolute Gasteiger partial charge is 0.497 e. The Morgan fingerprint density at radius 3 is 2.67 bits per heavy atom. The number of carbonyl (C=O) groups is 1. The van der Waals surface area contributed by atoms with E-state index in [1.807, 2.05) is 54.7 Å². The molecule has 0 bridgehead atoms. The minimum atomic E-state index is -0.0210. The molecule has 0 aliphatic rings. The highest BCUT2D eigenvalue weighted by Crippen LogP contribution is 2.25. The molecule has 6 nitrogen and oxygen atoms in total. The van der Waals surface area contributed by atoms with E-state index in [-0.39, 0.29) is 5.91 Å². The molecule has 3 rings (SSSR count). The van der Waals surface area contributed by atoms with E-state index in [1.54, 1.807) is 25.1 Å². The summed E-state index contributed by atoms with van der Waals surface area (Å²) < 4.78 is 12.4. The molecule has 0 unspecified atom stereocenters. The molecule has 0 aliphatic heterocycles. The van der Waals surface area contributed by atoms with Crippen LogP contribution in [0.25, 0.3) is 5.69 Å². The van der Waals surface area contributed by atoms with Gasteiger partial charge in [0.05, 0.1) is 26.1 Å². The first-order valence-electron chi connectivity index (χ1n) is 8.76. The van der Waals surface area contributed by atoms with Gasteiger partial charge in [0, 0.05) is 24.7 Å². The van der Waals surface area contributed by atoms with Gasteiger partial charge in [-0.25, -0.2) is 4.68 Å². The summed E-state index contributed by atoms with van der Waals surface area (Å²) in [4.78, 5) is 12.2. The summed E-state index contributed by atoms with van der Waals surface area (Å²) >= 11 is 0. The molecule has 1 aromatic heterocycles. The van der Waals surface area contributed by atoms with E-state index in [2.05, 4.69) is 10.4 Å². The molecule has 0 aliphatic carbocycles. The summed E-state index contributed by atoms with van der Waals surface area (Å²) in [7, 11) is 3.24. The number of aryl methyl sites for hydroxylation is 1. The van der Waals surface area contributed by atoms with E-state index < -0.39 is 0 Å². The van der Waals surface area contributed by atoms with Crippen molar-refractivity contribution < 1.29 is 14.3 Å². The number of para-hydroxylation sites is 1. The average Bonchev–Trinajstić information content (AvgIpc) is 3.20. The topological polar surface area (TPSA) is 65.4 Å². The third-order valence-corrected chi connectivity index (χ3v) is 4.26. The zero-order valence-corrected chi connectivity index (χ0v) is 15.5. The van der Waals surface area contributed by atoms with Crippen LogP contribution in [0.5, 0.6) is 11.5 Å². The number of aromatic nitrogens is 2. The van der Waals surface area contributed by atoms with E-state index in [0.29, 0.717) is 19.4 Å². The summed E-state index contributed by atoms with van der Waals surface area (Å²) in [5, 5.41) is 7.27. The van der Waals surface area contributed by atoms with Gasteiger partial charge in [0.25, 0.3) is 0 Å². The number of ether oxygens (including phenoxy) is 2. The molecule has 27 heavy (non-hydrogen) atoms. The Kier molecular flexibility index (Phi) is 6.10. The predicted molar refractivity (Wildman–Crippen MR) is 103 cm³/mol. The lowest BCUT2D eigenvalue weighted by Gasteiger charge is -2.10. The first-order valence-corrected chi connectivity index (χ1v) is 8.76. The predicted octanol–water partition coefficient (Wildman–Crippen LogP) is 3.14. The Morgan fingerprint density at radius 2 is 1.93 bits per heavy atom. The summed E-state index contributed by atoms with van der Waals surface area (Å²) in [6, 6.07) is 15.4. The number of methoxy groups -OCH3 is 2. The molecule has 0 saturated carbocycles. The quantitative estimate of drug-likeness (QED) is 0.666. The van der Waals surface area contributed by atoms with Crippen molar-refractivity contribution in [2.75, 3.05) is 14.2 Å². The summed E-state index contributed by atoms with van der Waals surface area (Å²) in [6.07, 6.45) is 4.63. The van der Waals surface area contributed by atoms with Crippen LogP contribution in [0.1, 0.15) is 17.5 Å². The molecule has 3 aromatic rings. The zero-order chi connectivity index (χ0) is 19.1. The van der Waals surface area contributed by atoms with Crippen LogP contribution in [0.4, 0.5) is 0 Å². The Hall–Kier alpha value is -3.28. The molecule has 0 spiro atoms. The fraction of sp³-hybridized carbons (Fsp3) is 0.238. The van der Waals surface area contributed by atoms with Crippen LogP contribution in [-0.4, -0.2) is 29.9 Å². The van der Waals surface area contributed by atoms with Crippen molar-refractivity contribution >= 4 is 5.91 Å². The second-order valence-electron chi connectivity index (χ2n) is 6.08. The van der Waals surface area contributed by atoms with Gasteiger partial charge < -0.3 is 14.8 Å². The lowest BCUT2D eigenvalue weighted by atomic mass is 10.1. The fourth-order valence-electron chi connectivity index (χ4n) is 2.79. The number of nitrogens with one attached hydrogen (secondary N) is 1. The molecule has 1 heterocycles. The third-order valence-electron chi connectivity index (χ3n) is 4.26. The summed E-state index contributed by atoms with van der Waals surface area (Å²) in [5.74, 6) is 1.49. The highest BCUT2D eigenvalue weighted by molar-refractivity contribution is 5.76. The van der Waals surface area contributed by atoms with Gasteiger partial charge in [-0.3, -0.25) is 4.79 Å². The van der Waals surface area contributed by atoms with Crippen LogP contribution in [0.15, 0.2) is 60.9 Å². The standard InChI is InChI=1S/C21H23N3O3/c1-26-19-9-10-20(27-2)17(12-19)8-11-21(25)22-13-16-14-23-24(15-16)18-6-4-3-5-7-18/h3-7,9-10,12,14-15H,8,11,13H2,1-2H3,(H,22,25). The van der Waals surface area contributed by atoms with Crippen LogP contribution in [-0.2, 0) is 17.8 Å². The fourth-order valence-corrected chi connectivity index (χ4v) is 2.79. The van der Waals surface area contributed by atoms with Crippen molar-refractivity contribution in [2.45, 2.75) is 19.4 Å². The van der Waals surface area contributed by atoms with E-state index in [0.717, 1.165) is 28.3 Å². The molecule has 0 fully saturated rings. The van der Waals surface area contributed by atoms with Gasteiger partial charge in [0.15, 0.2) is 0 Å². The van der Waals surface area contributed by atoms with E-state index >= 15 is 0 Å². The van der Waals surface area contributed by atoms with E-state index in [9.17, 15) is 4.79 Å². The maximum absolute atomic E-state index is 12.2. The average molecular weight is 365 g/mol. The normalized spacial score (nSPS) is 10.4. The maximum atomic E-state index is 12.2. The minimum absolute atomic E-state index is 0.0210. The van der Waals surface area contributed by atoms with Gasteiger partial charge >= 0.3 is 0 Å². The van der Waals surface area contributed by atoms with Crippen LogP contribution < -0.4 is 14.8 Å². The van der Waals surface area contributed by atoms with Gasteiger partial charge in [-0.2, -0.15) is 5.10 Å².